The molecular weight excluding hydrogens is 218 g/mol. The Morgan fingerprint density at radius 1 is 1.47 bits per heavy atom. The maximum atomic E-state index is 11.3. The third kappa shape index (κ3) is 2.83. The smallest absolute Gasteiger partial charge is 0.310 e. The molecule has 0 aliphatic carbocycles. The van der Waals surface area contributed by atoms with Crippen LogP contribution < -0.4 is 0 Å². The molecule has 1 aromatic rings. The molecule has 0 aliphatic heterocycles. The van der Waals surface area contributed by atoms with Crippen LogP contribution in [0.4, 0.5) is 0 Å². The summed E-state index contributed by atoms with van der Waals surface area (Å²) >= 11 is 0. The first-order valence-electron chi connectivity index (χ1n) is 5.39. The van der Waals surface area contributed by atoms with Crippen molar-refractivity contribution in [1.29, 1.82) is 5.26 Å². The van der Waals surface area contributed by atoms with E-state index in [1.807, 2.05) is 19.1 Å². The summed E-state index contributed by atoms with van der Waals surface area (Å²) in [4.78, 5) is 11.3. The van der Waals surface area contributed by atoms with Gasteiger partial charge in [-0.3, -0.25) is 4.79 Å². The number of nitrogens with zero attached hydrogens (tertiary/aromatic N) is 1. The van der Waals surface area contributed by atoms with Crippen LogP contribution in [0.1, 0.15) is 29.2 Å². The molecule has 0 amide bonds. The quantitative estimate of drug-likeness (QED) is 0.796. The lowest BCUT2D eigenvalue weighted by Crippen LogP contribution is -2.11. The summed E-state index contributed by atoms with van der Waals surface area (Å²) in [5.74, 6) is -0.371. The van der Waals surface area contributed by atoms with E-state index < -0.39 is 0 Å². The Balaban J connectivity index is 3.30. The molecular formula is C13H15NO3. The van der Waals surface area contributed by atoms with E-state index in [4.69, 9.17) is 5.26 Å². The first kappa shape index (κ1) is 13.2. The normalized spacial score (nSPS) is 9.76. The second-order valence-corrected chi connectivity index (χ2v) is 3.61. The molecule has 0 saturated carbocycles. The van der Waals surface area contributed by atoms with Gasteiger partial charge in [-0.2, -0.15) is 5.26 Å². The van der Waals surface area contributed by atoms with Crippen LogP contribution in [0.2, 0.25) is 0 Å². The summed E-state index contributed by atoms with van der Waals surface area (Å²) in [6, 6.07) is 5.50. The molecule has 0 unspecified atom stereocenters. The van der Waals surface area contributed by atoms with E-state index in [0.717, 1.165) is 12.0 Å². The number of ether oxygens (including phenoxy) is 1. The van der Waals surface area contributed by atoms with Crippen molar-refractivity contribution in [3.8, 4) is 6.07 Å². The second kappa shape index (κ2) is 6.02. The predicted octanol–water partition coefficient (Wildman–Crippen LogP) is 1.33. The zero-order valence-corrected chi connectivity index (χ0v) is 9.99. The van der Waals surface area contributed by atoms with Crippen LogP contribution in [0.3, 0.4) is 0 Å². The lowest BCUT2D eigenvalue weighted by atomic mass is 9.93. The summed E-state index contributed by atoms with van der Waals surface area (Å²) < 4.78 is 4.62. The number of rotatable bonds is 4. The number of carbonyl (C=O) groups excluding carboxylic acids is 1. The first-order chi connectivity index (χ1) is 8.17. The number of aliphatic hydroxyl groups excluding tert-OH is 1. The van der Waals surface area contributed by atoms with Gasteiger partial charge < -0.3 is 9.84 Å². The van der Waals surface area contributed by atoms with Crippen molar-refractivity contribution in [3.63, 3.8) is 0 Å². The van der Waals surface area contributed by atoms with E-state index in [2.05, 4.69) is 4.74 Å². The third-order valence-electron chi connectivity index (χ3n) is 2.74. The number of methoxy groups -OCH3 is 1. The topological polar surface area (TPSA) is 70.3 Å². The predicted molar refractivity (Wildman–Crippen MR) is 62.2 cm³/mol. The van der Waals surface area contributed by atoms with Crippen molar-refractivity contribution >= 4 is 5.97 Å². The van der Waals surface area contributed by atoms with Gasteiger partial charge in [0.25, 0.3) is 0 Å². The minimum Gasteiger partial charge on any atom is -0.469 e. The lowest BCUT2D eigenvalue weighted by Gasteiger charge is -2.13. The molecule has 0 aromatic heterocycles. The van der Waals surface area contributed by atoms with Crippen molar-refractivity contribution < 1.29 is 14.6 Å². The maximum Gasteiger partial charge on any atom is 0.310 e. The Morgan fingerprint density at radius 2 is 2.18 bits per heavy atom. The molecule has 1 rings (SSSR count). The lowest BCUT2D eigenvalue weighted by molar-refractivity contribution is -0.139. The Hall–Kier alpha value is -1.86. The van der Waals surface area contributed by atoms with E-state index in [9.17, 15) is 9.90 Å². The third-order valence-corrected chi connectivity index (χ3v) is 2.74. The van der Waals surface area contributed by atoms with Crippen LogP contribution in [0, 0.1) is 11.3 Å². The van der Waals surface area contributed by atoms with Crippen molar-refractivity contribution in [1.82, 2.24) is 0 Å². The zero-order valence-electron chi connectivity index (χ0n) is 9.99. The van der Waals surface area contributed by atoms with Gasteiger partial charge in [0, 0.05) is 0 Å². The Kier molecular flexibility index (Phi) is 4.68. The highest BCUT2D eigenvalue weighted by Crippen LogP contribution is 2.21. The van der Waals surface area contributed by atoms with Crippen LogP contribution in [0.15, 0.2) is 12.1 Å². The van der Waals surface area contributed by atoms with Gasteiger partial charge in [-0.1, -0.05) is 13.0 Å². The Morgan fingerprint density at radius 3 is 2.65 bits per heavy atom. The van der Waals surface area contributed by atoms with Gasteiger partial charge in [0.2, 0.25) is 0 Å². The van der Waals surface area contributed by atoms with Crippen LogP contribution in [0.25, 0.3) is 0 Å². The number of aryl methyl sites for hydroxylation is 1. The molecule has 1 N–H and O–H groups in total. The SMILES string of the molecule is CCc1ccc(C#N)c(CO)c1CC(=O)OC. The standard InChI is InChI=1S/C13H15NO3/c1-3-9-4-5-10(7-14)12(8-15)11(9)6-13(16)17-2/h4-5,15H,3,6,8H2,1-2H3. The summed E-state index contributed by atoms with van der Waals surface area (Å²) in [5.41, 5.74) is 2.60. The molecule has 0 bridgehead atoms. The first-order valence-corrected chi connectivity index (χ1v) is 5.39. The fourth-order valence-electron chi connectivity index (χ4n) is 1.79. The van der Waals surface area contributed by atoms with Crippen LogP contribution in [-0.4, -0.2) is 18.2 Å². The molecule has 4 heteroatoms. The molecule has 0 atom stereocenters. The summed E-state index contributed by atoms with van der Waals surface area (Å²) in [5, 5.41) is 18.3. The fraction of sp³-hybridized carbons (Fsp3) is 0.385. The number of aliphatic hydroxyl groups is 1. The van der Waals surface area contributed by atoms with Gasteiger partial charge in [0.15, 0.2) is 0 Å². The molecule has 0 fully saturated rings. The number of esters is 1. The van der Waals surface area contributed by atoms with Gasteiger partial charge in [-0.05, 0) is 29.2 Å². The van der Waals surface area contributed by atoms with Gasteiger partial charge in [0.1, 0.15) is 0 Å². The molecule has 0 heterocycles. The van der Waals surface area contributed by atoms with E-state index in [0.29, 0.717) is 16.7 Å². The fourth-order valence-corrected chi connectivity index (χ4v) is 1.79. The number of benzene rings is 1. The van der Waals surface area contributed by atoms with Crippen molar-refractivity contribution in [2.24, 2.45) is 0 Å². The van der Waals surface area contributed by atoms with Crippen molar-refractivity contribution in [2.45, 2.75) is 26.4 Å². The number of hydrogen-bond donors (Lipinski definition) is 1. The van der Waals surface area contributed by atoms with Crippen LogP contribution >= 0.6 is 0 Å². The number of nitriles is 1. The largest absolute Gasteiger partial charge is 0.469 e. The molecule has 1 aromatic carbocycles. The van der Waals surface area contributed by atoms with E-state index in [-0.39, 0.29) is 19.0 Å². The maximum absolute atomic E-state index is 11.3. The highest BCUT2D eigenvalue weighted by molar-refractivity contribution is 5.74. The molecule has 90 valence electrons. The molecule has 0 aliphatic rings. The molecule has 17 heavy (non-hydrogen) atoms. The van der Waals surface area contributed by atoms with E-state index in [1.54, 1.807) is 6.07 Å². The zero-order chi connectivity index (χ0) is 12.8. The highest BCUT2D eigenvalue weighted by atomic mass is 16.5. The van der Waals surface area contributed by atoms with Gasteiger partial charge in [0.05, 0.1) is 31.8 Å². The monoisotopic (exact) mass is 233 g/mol. The van der Waals surface area contributed by atoms with Gasteiger partial charge in [-0.15, -0.1) is 0 Å². The van der Waals surface area contributed by atoms with Crippen molar-refractivity contribution in [3.05, 3.63) is 34.4 Å². The van der Waals surface area contributed by atoms with Crippen molar-refractivity contribution in [2.75, 3.05) is 7.11 Å². The average molecular weight is 233 g/mol. The summed E-state index contributed by atoms with van der Waals surface area (Å²) in [6.45, 7) is 1.71. The van der Waals surface area contributed by atoms with Gasteiger partial charge in [-0.25, -0.2) is 0 Å². The second-order valence-electron chi connectivity index (χ2n) is 3.61. The minimum absolute atomic E-state index is 0.0884. The average Bonchev–Trinajstić information content (AvgIpc) is 2.37. The summed E-state index contributed by atoms with van der Waals surface area (Å²) in [7, 11) is 1.32. The Bertz CT molecular complexity index is 460. The molecule has 4 nitrogen and oxygen atoms in total. The van der Waals surface area contributed by atoms with Crippen LogP contribution in [0.5, 0.6) is 0 Å². The Labute approximate surface area is 100 Å². The summed E-state index contributed by atoms with van der Waals surface area (Å²) in [6.07, 6.45) is 0.829. The molecule has 0 spiro atoms. The highest BCUT2D eigenvalue weighted by Gasteiger charge is 2.15. The molecule has 0 radical (unpaired) electrons. The minimum atomic E-state index is -0.371. The van der Waals surface area contributed by atoms with E-state index in [1.165, 1.54) is 7.11 Å². The molecule has 0 saturated heterocycles. The van der Waals surface area contributed by atoms with E-state index >= 15 is 0 Å². The van der Waals surface area contributed by atoms with Gasteiger partial charge >= 0.3 is 5.97 Å². The van der Waals surface area contributed by atoms with Crippen LogP contribution in [-0.2, 0) is 29.0 Å². The number of carbonyl (C=O) groups is 1. The number of hydrogen-bond acceptors (Lipinski definition) is 4.